The van der Waals surface area contributed by atoms with Gasteiger partial charge in [0.2, 0.25) is 5.91 Å². The second kappa shape index (κ2) is 10.4. The van der Waals surface area contributed by atoms with E-state index >= 15 is 0 Å². The van der Waals surface area contributed by atoms with Gasteiger partial charge in [-0.1, -0.05) is 39.5 Å². The Morgan fingerprint density at radius 3 is 2.28 bits per heavy atom. The number of carbonyl (C=O) groups is 1. The summed E-state index contributed by atoms with van der Waals surface area (Å²) in [5.74, 6) is 0.307. The maximum absolute atomic E-state index is 11.9. The van der Waals surface area contributed by atoms with Gasteiger partial charge in [0.15, 0.2) is 0 Å². The van der Waals surface area contributed by atoms with Gasteiger partial charge in [-0.05, 0) is 33.1 Å². The van der Waals surface area contributed by atoms with Crippen LogP contribution in [0, 0.1) is 5.92 Å². The second-order valence-electron chi connectivity index (χ2n) is 5.71. The molecule has 3 heteroatoms. The van der Waals surface area contributed by atoms with Crippen molar-refractivity contribution in [3.63, 3.8) is 0 Å². The van der Waals surface area contributed by atoms with E-state index in [-0.39, 0.29) is 17.9 Å². The van der Waals surface area contributed by atoms with Crippen molar-refractivity contribution in [3.05, 3.63) is 0 Å². The van der Waals surface area contributed by atoms with Crippen LogP contribution >= 0.6 is 0 Å². The normalized spacial score (nSPS) is 16.1. The van der Waals surface area contributed by atoms with Gasteiger partial charge in [-0.2, -0.15) is 0 Å². The summed E-state index contributed by atoms with van der Waals surface area (Å²) < 4.78 is 0. The monoisotopic (exact) mass is 256 g/mol. The van der Waals surface area contributed by atoms with Crippen LogP contribution in [0.25, 0.3) is 0 Å². The minimum atomic E-state index is 0.109. The SMILES string of the molecule is CCCCCC(C)NC(=O)C(C)CCCC(C)N. The molecule has 0 radical (unpaired) electrons. The molecule has 0 rings (SSSR count). The van der Waals surface area contributed by atoms with Crippen LogP contribution < -0.4 is 11.1 Å². The van der Waals surface area contributed by atoms with Gasteiger partial charge in [-0.15, -0.1) is 0 Å². The number of nitrogens with one attached hydrogen (secondary N) is 1. The average Bonchev–Trinajstić information content (AvgIpc) is 2.28. The van der Waals surface area contributed by atoms with Gasteiger partial charge >= 0.3 is 0 Å². The lowest BCUT2D eigenvalue weighted by Gasteiger charge is -2.17. The van der Waals surface area contributed by atoms with Crippen LogP contribution in [-0.4, -0.2) is 18.0 Å². The van der Waals surface area contributed by atoms with E-state index in [9.17, 15) is 4.79 Å². The average molecular weight is 256 g/mol. The fourth-order valence-corrected chi connectivity index (χ4v) is 2.03. The maximum Gasteiger partial charge on any atom is 0.223 e. The van der Waals surface area contributed by atoms with Gasteiger partial charge in [0.1, 0.15) is 0 Å². The van der Waals surface area contributed by atoms with Crippen molar-refractivity contribution in [1.82, 2.24) is 5.32 Å². The number of amides is 1. The zero-order valence-corrected chi connectivity index (χ0v) is 12.7. The van der Waals surface area contributed by atoms with Crippen molar-refractivity contribution < 1.29 is 4.79 Å². The zero-order valence-electron chi connectivity index (χ0n) is 12.7. The number of hydrogen-bond donors (Lipinski definition) is 2. The van der Waals surface area contributed by atoms with Crippen LogP contribution in [0.1, 0.15) is 72.6 Å². The number of rotatable bonds is 10. The first-order chi connectivity index (χ1) is 8.47. The van der Waals surface area contributed by atoms with Crippen molar-refractivity contribution in [1.29, 1.82) is 0 Å². The summed E-state index contributed by atoms with van der Waals surface area (Å²) in [5.41, 5.74) is 5.70. The number of unbranched alkanes of at least 4 members (excludes halogenated alkanes) is 2. The highest BCUT2D eigenvalue weighted by Gasteiger charge is 2.14. The van der Waals surface area contributed by atoms with Crippen LogP contribution in [0.4, 0.5) is 0 Å². The van der Waals surface area contributed by atoms with Crippen molar-refractivity contribution >= 4 is 5.91 Å². The van der Waals surface area contributed by atoms with Crippen molar-refractivity contribution in [2.24, 2.45) is 11.7 Å². The predicted molar refractivity (Wildman–Crippen MR) is 78.4 cm³/mol. The zero-order chi connectivity index (χ0) is 14.0. The topological polar surface area (TPSA) is 55.1 Å². The standard InChI is InChI=1S/C15H32N2O/c1-5-6-7-11-14(4)17-15(18)12(2)9-8-10-13(3)16/h12-14H,5-11,16H2,1-4H3,(H,17,18). The highest BCUT2D eigenvalue weighted by Crippen LogP contribution is 2.10. The Hall–Kier alpha value is -0.570. The molecule has 0 aliphatic rings. The molecule has 0 bridgehead atoms. The summed E-state index contributed by atoms with van der Waals surface area (Å²) in [7, 11) is 0. The van der Waals surface area contributed by atoms with E-state index in [2.05, 4.69) is 19.2 Å². The molecular weight excluding hydrogens is 224 g/mol. The lowest BCUT2D eigenvalue weighted by molar-refractivity contribution is -0.125. The molecule has 0 saturated carbocycles. The first-order valence-corrected chi connectivity index (χ1v) is 7.53. The molecule has 0 fully saturated rings. The van der Waals surface area contributed by atoms with Gasteiger partial charge in [-0.3, -0.25) is 4.79 Å². The van der Waals surface area contributed by atoms with Gasteiger partial charge in [0, 0.05) is 18.0 Å². The highest BCUT2D eigenvalue weighted by molar-refractivity contribution is 5.78. The summed E-state index contributed by atoms with van der Waals surface area (Å²) in [5, 5.41) is 3.11. The second-order valence-corrected chi connectivity index (χ2v) is 5.71. The molecule has 3 N–H and O–H groups in total. The van der Waals surface area contributed by atoms with Crippen LogP contribution in [-0.2, 0) is 4.79 Å². The van der Waals surface area contributed by atoms with E-state index < -0.39 is 0 Å². The van der Waals surface area contributed by atoms with E-state index in [0.717, 1.165) is 25.7 Å². The minimum absolute atomic E-state index is 0.109. The fourth-order valence-electron chi connectivity index (χ4n) is 2.03. The lowest BCUT2D eigenvalue weighted by Crippen LogP contribution is -2.36. The Labute approximate surface area is 113 Å². The molecule has 3 nitrogen and oxygen atoms in total. The molecule has 18 heavy (non-hydrogen) atoms. The summed E-state index contributed by atoms with van der Waals surface area (Å²) in [6.45, 7) is 8.32. The molecule has 0 heterocycles. The van der Waals surface area contributed by atoms with Crippen LogP contribution in [0.5, 0.6) is 0 Å². The Morgan fingerprint density at radius 1 is 1.06 bits per heavy atom. The van der Waals surface area contributed by atoms with E-state index in [0.29, 0.717) is 6.04 Å². The van der Waals surface area contributed by atoms with Gasteiger partial charge in [0.25, 0.3) is 0 Å². The summed E-state index contributed by atoms with van der Waals surface area (Å²) in [6.07, 6.45) is 7.76. The minimum Gasteiger partial charge on any atom is -0.353 e. The summed E-state index contributed by atoms with van der Waals surface area (Å²) in [6, 6.07) is 0.549. The van der Waals surface area contributed by atoms with E-state index in [4.69, 9.17) is 5.73 Å². The first-order valence-electron chi connectivity index (χ1n) is 7.53. The smallest absolute Gasteiger partial charge is 0.223 e. The molecule has 0 aromatic rings. The number of hydrogen-bond acceptors (Lipinski definition) is 2. The Balaban J connectivity index is 3.71. The Bertz CT molecular complexity index is 217. The third kappa shape index (κ3) is 9.46. The van der Waals surface area contributed by atoms with E-state index in [1.54, 1.807) is 0 Å². The van der Waals surface area contributed by atoms with Gasteiger partial charge in [-0.25, -0.2) is 0 Å². The van der Waals surface area contributed by atoms with Gasteiger partial charge in [0.05, 0.1) is 0 Å². The predicted octanol–water partition coefficient (Wildman–Crippen LogP) is 3.23. The van der Waals surface area contributed by atoms with E-state index in [1.165, 1.54) is 19.3 Å². The fraction of sp³-hybridized carbons (Fsp3) is 0.933. The molecule has 0 saturated heterocycles. The van der Waals surface area contributed by atoms with Crippen molar-refractivity contribution in [3.8, 4) is 0 Å². The van der Waals surface area contributed by atoms with Crippen molar-refractivity contribution in [2.75, 3.05) is 0 Å². The number of nitrogens with two attached hydrogens (primary N) is 1. The summed E-state index contributed by atoms with van der Waals surface area (Å²) in [4.78, 5) is 11.9. The number of carbonyl (C=O) groups excluding carboxylic acids is 1. The third-order valence-corrected chi connectivity index (χ3v) is 3.37. The molecule has 3 unspecified atom stereocenters. The third-order valence-electron chi connectivity index (χ3n) is 3.37. The molecule has 0 aliphatic carbocycles. The molecule has 1 amide bonds. The Kier molecular flexibility index (Phi) is 10.0. The lowest BCUT2D eigenvalue weighted by atomic mass is 10.0. The largest absolute Gasteiger partial charge is 0.353 e. The molecule has 3 atom stereocenters. The molecule has 0 aromatic carbocycles. The molecular formula is C15H32N2O. The van der Waals surface area contributed by atoms with E-state index in [1.807, 2.05) is 13.8 Å². The molecule has 0 aliphatic heterocycles. The Morgan fingerprint density at radius 2 is 1.72 bits per heavy atom. The summed E-state index contributed by atoms with van der Waals surface area (Å²) >= 11 is 0. The quantitative estimate of drug-likeness (QED) is 0.590. The molecule has 108 valence electrons. The van der Waals surface area contributed by atoms with Crippen molar-refractivity contribution in [2.45, 2.75) is 84.7 Å². The van der Waals surface area contributed by atoms with Crippen LogP contribution in [0.15, 0.2) is 0 Å². The highest BCUT2D eigenvalue weighted by atomic mass is 16.1. The molecule has 0 aromatic heterocycles. The van der Waals surface area contributed by atoms with Crippen LogP contribution in [0.3, 0.4) is 0 Å². The first kappa shape index (κ1) is 17.4. The maximum atomic E-state index is 11.9. The van der Waals surface area contributed by atoms with Crippen LogP contribution in [0.2, 0.25) is 0 Å². The van der Waals surface area contributed by atoms with Gasteiger partial charge < -0.3 is 11.1 Å². The molecule has 0 spiro atoms.